The molecule has 0 spiro atoms. The molecule has 0 saturated carbocycles. The Morgan fingerprint density at radius 2 is 1.77 bits per heavy atom. The fraction of sp³-hybridized carbons (Fsp3) is 0.444. The van der Waals surface area contributed by atoms with Gasteiger partial charge in [0.25, 0.3) is 10.0 Å². The average molecular weight is 383 g/mol. The molecule has 0 heterocycles. The standard InChI is InChI=1S/C18H25NO6S/c1-6-24-17(20)14(5)16(11-12(2)3)25-18(21)19-26(22,23)15-9-7-13(4)8-10-15/h7-10,12,16H,5-6,11H2,1-4H3,(H,19,21). The summed E-state index contributed by atoms with van der Waals surface area (Å²) >= 11 is 0. The monoisotopic (exact) mass is 383 g/mol. The van der Waals surface area contributed by atoms with E-state index in [0.717, 1.165) is 5.56 Å². The van der Waals surface area contributed by atoms with Crippen molar-refractivity contribution in [3.8, 4) is 0 Å². The topological polar surface area (TPSA) is 98.8 Å². The molecule has 8 heteroatoms. The molecule has 26 heavy (non-hydrogen) atoms. The van der Waals surface area contributed by atoms with E-state index >= 15 is 0 Å². The Hall–Kier alpha value is -2.35. The van der Waals surface area contributed by atoms with Crippen molar-refractivity contribution in [3.63, 3.8) is 0 Å². The Morgan fingerprint density at radius 1 is 1.19 bits per heavy atom. The van der Waals surface area contributed by atoms with Crippen LogP contribution in [-0.2, 0) is 24.3 Å². The second kappa shape index (κ2) is 9.38. The van der Waals surface area contributed by atoms with E-state index in [4.69, 9.17) is 9.47 Å². The van der Waals surface area contributed by atoms with E-state index in [1.165, 1.54) is 12.1 Å². The molecule has 1 unspecified atom stereocenters. The molecule has 0 aliphatic rings. The number of sulfonamides is 1. The van der Waals surface area contributed by atoms with Crippen LogP contribution in [0.5, 0.6) is 0 Å². The zero-order chi connectivity index (χ0) is 19.9. The van der Waals surface area contributed by atoms with E-state index in [-0.39, 0.29) is 23.0 Å². The molecule has 0 fully saturated rings. The number of rotatable bonds is 8. The van der Waals surface area contributed by atoms with E-state index < -0.39 is 28.2 Å². The number of carbonyl (C=O) groups excluding carboxylic acids is 2. The normalized spacial score (nSPS) is 12.3. The fourth-order valence-electron chi connectivity index (χ4n) is 2.08. The third-order valence-electron chi connectivity index (χ3n) is 3.41. The lowest BCUT2D eigenvalue weighted by Gasteiger charge is -2.21. The van der Waals surface area contributed by atoms with E-state index in [1.54, 1.807) is 19.1 Å². The van der Waals surface area contributed by atoms with Crippen molar-refractivity contribution in [2.45, 2.75) is 45.1 Å². The highest BCUT2D eigenvalue weighted by Gasteiger charge is 2.27. The number of benzene rings is 1. The number of carbonyl (C=O) groups is 2. The summed E-state index contributed by atoms with van der Waals surface area (Å²) in [6.45, 7) is 11.0. The summed E-state index contributed by atoms with van der Waals surface area (Å²) in [6, 6.07) is 6.00. The largest absolute Gasteiger partial charge is 0.463 e. The minimum atomic E-state index is -4.08. The molecule has 0 aliphatic heterocycles. The third kappa shape index (κ3) is 6.51. The number of aryl methyl sites for hydroxylation is 1. The number of hydrogen-bond donors (Lipinski definition) is 1. The Bertz CT molecular complexity index is 752. The predicted molar refractivity (Wildman–Crippen MR) is 97.0 cm³/mol. The van der Waals surface area contributed by atoms with Gasteiger partial charge >= 0.3 is 12.1 Å². The maximum absolute atomic E-state index is 12.2. The van der Waals surface area contributed by atoms with Crippen LogP contribution in [0.1, 0.15) is 32.8 Å². The van der Waals surface area contributed by atoms with Crippen molar-refractivity contribution in [1.29, 1.82) is 0 Å². The molecule has 0 bridgehead atoms. The van der Waals surface area contributed by atoms with Crippen LogP contribution >= 0.6 is 0 Å². The Kier molecular flexibility index (Phi) is 7.82. The van der Waals surface area contributed by atoms with Gasteiger partial charge in [-0.05, 0) is 38.3 Å². The van der Waals surface area contributed by atoms with Crippen LogP contribution in [0.2, 0.25) is 0 Å². The van der Waals surface area contributed by atoms with Crippen molar-refractivity contribution in [2.24, 2.45) is 5.92 Å². The van der Waals surface area contributed by atoms with Gasteiger partial charge in [-0.1, -0.05) is 38.1 Å². The highest BCUT2D eigenvalue weighted by Crippen LogP contribution is 2.18. The molecule has 1 amide bonds. The highest BCUT2D eigenvalue weighted by atomic mass is 32.2. The van der Waals surface area contributed by atoms with E-state index in [2.05, 4.69) is 6.58 Å². The first-order chi connectivity index (χ1) is 12.1. The molecule has 0 aromatic heterocycles. The first-order valence-electron chi connectivity index (χ1n) is 8.22. The van der Waals surface area contributed by atoms with Gasteiger partial charge in [0.15, 0.2) is 0 Å². The minimum Gasteiger partial charge on any atom is -0.463 e. The molecular weight excluding hydrogens is 358 g/mol. The third-order valence-corrected chi connectivity index (χ3v) is 4.74. The second-order valence-electron chi connectivity index (χ2n) is 6.19. The van der Waals surface area contributed by atoms with E-state index in [9.17, 15) is 18.0 Å². The van der Waals surface area contributed by atoms with Crippen LogP contribution in [0.25, 0.3) is 0 Å². The quantitative estimate of drug-likeness (QED) is 0.547. The van der Waals surface area contributed by atoms with Crippen LogP contribution in [-0.4, -0.2) is 33.2 Å². The molecule has 1 N–H and O–H groups in total. The number of ether oxygens (including phenoxy) is 2. The summed E-state index contributed by atoms with van der Waals surface area (Å²) in [5, 5.41) is 0. The van der Waals surface area contributed by atoms with Crippen molar-refractivity contribution >= 4 is 22.1 Å². The summed E-state index contributed by atoms with van der Waals surface area (Å²) in [5.74, 6) is -0.611. The lowest BCUT2D eigenvalue weighted by molar-refractivity contribution is -0.139. The van der Waals surface area contributed by atoms with E-state index in [0.29, 0.717) is 6.42 Å². The molecule has 0 radical (unpaired) electrons. The zero-order valence-corrected chi connectivity index (χ0v) is 16.3. The number of esters is 1. The van der Waals surface area contributed by atoms with Crippen LogP contribution in [0.4, 0.5) is 4.79 Å². The number of hydrogen-bond acceptors (Lipinski definition) is 6. The molecule has 1 aromatic rings. The Labute approximate surface area is 154 Å². The molecule has 7 nitrogen and oxygen atoms in total. The van der Waals surface area contributed by atoms with Crippen LogP contribution in [0, 0.1) is 12.8 Å². The molecular formula is C18H25NO6S. The molecule has 144 valence electrons. The molecule has 1 aromatic carbocycles. The van der Waals surface area contributed by atoms with Crippen molar-refractivity contribution in [1.82, 2.24) is 4.72 Å². The highest BCUT2D eigenvalue weighted by molar-refractivity contribution is 7.90. The van der Waals surface area contributed by atoms with Crippen molar-refractivity contribution in [2.75, 3.05) is 6.61 Å². The van der Waals surface area contributed by atoms with Gasteiger partial charge in [0.05, 0.1) is 17.1 Å². The Balaban J connectivity index is 2.87. The SMILES string of the molecule is C=C(C(=O)OCC)C(CC(C)C)OC(=O)NS(=O)(=O)c1ccc(C)cc1. The maximum atomic E-state index is 12.2. The Morgan fingerprint density at radius 3 is 2.27 bits per heavy atom. The number of amides is 1. The summed E-state index contributed by atoms with van der Waals surface area (Å²) < 4.78 is 36.3. The molecule has 1 atom stereocenters. The first-order valence-corrected chi connectivity index (χ1v) is 9.71. The molecule has 0 saturated heterocycles. The molecule has 1 rings (SSSR count). The van der Waals surface area contributed by atoms with Gasteiger partial charge in [-0.3, -0.25) is 0 Å². The van der Waals surface area contributed by atoms with E-state index in [1.807, 2.05) is 25.5 Å². The van der Waals surface area contributed by atoms with Gasteiger partial charge in [0, 0.05) is 0 Å². The summed E-state index contributed by atoms with van der Waals surface area (Å²) in [4.78, 5) is 23.8. The first kappa shape index (κ1) is 21.7. The van der Waals surface area contributed by atoms with Gasteiger partial charge < -0.3 is 9.47 Å². The van der Waals surface area contributed by atoms with Crippen molar-refractivity contribution in [3.05, 3.63) is 42.0 Å². The van der Waals surface area contributed by atoms with Crippen LogP contribution < -0.4 is 4.72 Å². The predicted octanol–water partition coefficient (Wildman–Crippen LogP) is 2.94. The van der Waals surface area contributed by atoms with Gasteiger partial charge in [0.1, 0.15) is 6.10 Å². The van der Waals surface area contributed by atoms with Gasteiger partial charge in [0.2, 0.25) is 0 Å². The zero-order valence-electron chi connectivity index (χ0n) is 15.4. The fourth-order valence-corrected chi connectivity index (χ4v) is 2.96. The van der Waals surface area contributed by atoms with Gasteiger partial charge in [-0.2, -0.15) is 0 Å². The van der Waals surface area contributed by atoms with Crippen LogP contribution in [0.3, 0.4) is 0 Å². The summed E-state index contributed by atoms with van der Waals surface area (Å²) in [7, 11) is -4.08. The van der Waals surface area contributed by atoms with Crippen molar-refractivity contribution < 1.29 is 27.5 Å². The van der Waals surface area contributed by atoms with Gasteiger partial charge in [-0.15, -0.1) is 0 Å². The van der Waals surface area contributed by atoms with Gasteiger partial charge in [-0.25, -0.2) is 22.7 Å². The second-order valence-corrected chi connectivity index (χ2v) is 7.87. The van der Waals surface area contributed by atoms with Crippen LogP contribution in [0.15, 0.2) is 41.3 Å². The smallest absolute Gasteiger partial charge is 0.421 e. The lowest BCUT2D eigenvalue weighted by atomic mass is 10.0. The maximum Gasteiger partial charge on any atom is 0.421 e. The molecule has 0 aliphatic carbocycles. The lowest BCUT2D eigenvalue weighted by Crippen LogP contribution is -2.36. The minimum absolute atomic E-state index is 0.0385. The number of nitrogens with one attached hydrogen (secondary N) is 1. The summed E-state index contributed by atoms with van der Waals surface area (Å²) in [6.07, 6.45) is -1.86. The average Bonchev–Trinajstić information content (AvgIpc) is 2.53. The summed E-state index contributed by atoms with van der Waals surface area (Å²) in [5.41, 5.74) is 0.845.